The van der Waals surface area contributed by atoms with Crippen LogP contribution in [-0.2, 0) is 14.3 Å². The number of carbonyl (C=O) groups is 3. The summed E-state index contributed by atoms with van der Waals surface area (Å²) in [5.41, 5.74) is -0.118. The molecule has 1 aliphatic rings. The molecule has 2 aromatic carbocycles. The van der Waals surface area contributed by atoms with Crippen LogP contribution in [0.4, 0.5) is 15.3 Å². The van der Waals surface area contributed by atoms with Crippen molar-refractivity contribution >= 4 is 52.7 Å². The zero-order valence-corrected chi connectivity index (χ0v) is 19.2. The summed E-state index contributed by atoms with van der Waals surface area (Å²) < 4.78 is 10.0. The van der Waals surface area contributed by atoms with Gasteiger partial charge in [0, 0.05) is 10.0 Å². The van der Waals surface area contributed by atoms with Gasteiger partial charge in [-0.25, -0.2) is 14.6 Å². The molecule has 3 rings (SSSR count). The minimum Gasteiger partial charge on any atom is -0.468 e. The number of hydrogen-bond acceptors (Lipinski definition) is 6. The Hall–Kier alpha value is -3.10. The molecule has 0 spiro atoms. The summed E-state index contributed by atoms with van der Waals surface area (Å²) in [7, 11) is 1.26. The van der Waals surface area contributed by atoms with E-state index in [1.807, 2.05) is 0 Å². The molecule has 8 nitrogen and oxygen atoms in total. The number of ether oxygens (including phenoxy) is 2. The zero-order valence-electron chi connectivity index (χ0n) is 17.7. The Morgan fingerprint density at radius 3 is 2.16 bits per heavy atom. The van der Waals surface area contributed by atoms with Gasteiger partial charge in [-0.2, -0.15) is 10.0 Å². The summed E-state index contributed by atoms with van der Waals surface area (Å²) in [6, 6.07) is 12.0. The van der Waals surface area contributed by atoms with Crippen molar-refractivity contribution in [1.82, 2.24) is 5.01 Å². The van der Waals surface area contributed by atoms with Crippen molar-refractivity contribution in [2.45, 2.75) is 13.8 Å². The fourth-order valence-electron chi connectivity index (χ4n) is 3.31. The summed E-state index contributed by atoms with van der Waals surface area (Å²) in [4.78, 5) is 39.6. The van der Waals surface area contributed by atoms with Crippen LogP contribution in [0.2, 0.25) is 10.0 Å². The number of halogens is 2. The molecule has 0 radical (unpaired) electrons. The highest BCUT2D eigenvalue weighted by atomic mass is 35.5. The molecule has 3 amide bonds. The fraction of sp³-hybridized carbons (Fsp3) is 0.273. The van der Waals surface area contributed by atoms with Crippen molar-refractivity contribution in [3.8, 4) is 0 Å². The maximum atomic E-state index is 13.4. The van der Waals surface area contributed by atoms with E-state index in [2.05, 4.69) is 5.10 Å². The van der Waals surface area contributed by atoms with Crippen LogP contribution in [-0.4, -0.2) is 49.1 Å². The number of hydrogen-bond donors (Lipinski definition) is 0. The first-order valence-corrected chi connectivity index (χ1v) is 10.4. The summed E-state index contributed by atoms with van der Waals surface area (Å²) in [5.74, 6) is -0.573. The second-order valence-electron chi connectivity index (χ2n) is 7.13. The summed E-state index contributed by atoms with van der Waals surface area (Å²) in [6.07, 6.45) is -0.880. The molecule has 0 fully saturated rings. The van der Waals surface area contributed by atoms with E-state index in [0.717, 1.165) is 9.91 Å². The Labute approximate surface area is 195 Å². The van der Waals surface area contributed by atoms with Crippen molar-refractivity contribution in [1.29, 1.82) is 0 Å². The molecular formula is C22H21Cl2N3O5. The van der Waals surface area contributed by atoms with Crippen molar-refractivity contribution in [3.05, 3.63) is 64.1 Å². The predicted molar refractivity (Wildman–Crippen MR) is 121 cm³/mol. The van der Waals surface area contributed by atoms with E-state index in [1.165, 1.54) is 19.2 Å². The van der Waals surface area contributed by atoms with Gasteiger partial charge in [-0.1, -0.05) is 35.3 Å². The number of urea groups is 1. The molecule has 2 aromatic rings. The topological polar surface area (TPSA) is 88.5 Å². The van der Waals surface area contributed by atoms with Gasteiger partial charge in [0.15, 0.2) is 0 Å². The van der Waals surface area contributed by atoms with Gasteiger partial charge >= 0.3 is 18.1 Å². The first-order chi connectivity index (χ1) is 15.2. The molecule has 0 saturated carbocycles. The molecule has 168 valence electrons. The fourth-order valence-corrected chi connectivity index (χ4v) is 3.56. The summed E-state index contributed by atoms with van der Waals surface area (Å²) in [5, 5.41) is 6.39. The van der Waals surface area contributed by atoms with Crippen molar-refractivity contribution in [2.75, 3.05) is 25.2 Å². The average molecular weight is 478 g/mol. The lowest BCUT2D eigenvalue weighted by Gasteiger charge is -2.26. The second-order valence-corrected chi connectivity index (χ2v) is 8.00. The zero-order chi connectivity index (χ0) is 23.5. The molecule has 1 heterocycles. The lowest BCUT2D eigenvalue weighted by Crippen LogP contribution is -2.47. The molecule has 0 saturated heterocycles. The molecule has 0 aliphatic carbocycles. The third-order valence-electron chi connectivity index (χ3n) is 4.91. The van der Waals surface area contributed by atoms with Gasteiger partial charge in [0.1, 0.15) is 5.41 Å². The number of benzene rings is 2. The monoisotopic (exact) mass is 477 g/mol. The van der Waals surface area contributed by atoms with Crippen LogP contribution in [0.5, 0.6) is 0 Å². The van der Waals surface area contributed by atoms with Gasteiger partial charge < -0.3 is 9.47 Å². The lowest BCUT2D eigenvalue weighted by molar-refractivity contribution is -0.147. The SMILES string of the molecule is CCOC(=O)N(C(=O)N1CC(C)(C(=O)OC)C(c2ccc(Cl)cc2)=N1)c1ccc(Cl)cc1. The molecule has 0 bridgehead atoms. The number of nitrogens with zero attached hydrogens (tertiary/aromatic N) is 3. The Morgan fingerprint density at radius 2 is 1.62 bits per heavy atom. The number of hydrazone groups is 1. The number of methoxy groups -OCH3 is 1. The third-order valence-corrected chi connectivity index (χ3v) is 5.41. The average Bonchev–Trinajstić information content (AvgIpc) is 3.14. The molecule has 32 heavy (non-hydrogen) atoms. The van der Waals surface area contributed by atoms with Crippen LogP contribution in [0, 0.1) is 5.41 Å². The minimum absolute atomic E-state index is 0.0649. The molecule has 0 N–H and O–H groups in total. The van der Waals surface area contributed by atoms with Crippen LogP contribution < -0.4 is 4.90 Å². The van der Waals surface area contributed by atoms with E-state index >= 15 is 0 Å². The van der Waals surface area contributed by atoms with E-state index in [0.29, 0.717) is 21.3 Å². The number of anilines is 1. The van der Waals surface area contributed by atoms with Gasteiger partial charge in [0.2, 0.25) is 0 Å². The Bertz CT molecular complexity index is 1060. The van der Waals surface area contributed by atoms with Crippen LogP contribution in [0.1, 0.15) is 19.4 Å². The normalized spacial score (nSPS) is 17.5. The summed E-state index contributed by atoms with van der Waals surface area (Å²) >= 11 is 11.9. The van der Waals surface area contributed by atoms with E-state index in [1.54, 1.807) is 50.2 Å². The van der Waals surface area contributed by atoms with Gasteiger partial charge in [-0.15, -0.1) is 0 Å². The lowest BCUT2D eigenvalue weighted by atomic mass is 9.82. The van der Waals surface area contributed by atoms with Crippen LogP contribution in [0.3, 0.4) is 0 Å². The largest absolute Gasteiger partial charge is 0.468 e. The summed E-state index contributed by atoms with van der Waals surface area (Å²) in [6.45, 7) is 3.18. The molecule has 1 aliphatic heterocycles. The highest BCUT2D eigenvalue weighted by molar-refractivity contribution is 6.31. The Balaban J connectivity index is 2.04. The third kappa shape index (κ3) is 4.56. The smallest absolute Gasteiger partial charge is 0.422 e. The van der Waals surface area contributed by atoms with Crippen LogP contribution >= 0.6 is 23.2 Å². The maximum Gasteiger partial charge on any atom is 0.422 e. The van der Waals surface area contributed by atoms with Crippen LogP contribution in [0.15, 0.2) is 53.6 Å². The highest BCUT2D eigenvalue weighted by Gasteiger charge is 2.49. The van der Waals surface area contributed by atoms with E-state index in [-0.39, 0.29) is 18.8 Å². The highest BCUT2D eigenvalue weighted by Crippen LogP contribution is 2.34. The molecule has 0 aromatic heterocycles. The number of esters is 1. The maximum absolute atomic E-state index is 13.4. The first kappa shape index (κ1) is 23.6. The van der Waals surface area contributed by atoms with Crippen molar-refractivity contribution < 1.29 is 23.9 Å². The Morgan fingerprint density at radius 1 is 1.06 bits per heavy atom. The van der Waals surface area contributed by atoms with Crippen molar-refractivity contribution in [2.24, 2.45) is 10.5 Å². The van der Waals surface area contributed by atoms with Gasteiger partial charge in [0.05, 0.1) is 31.7 Å². The molecule has 1 atom stereocenters. The quantitative estimate of drug-likeness (QED) is 0.579. The number of rotatable bonds is 4. The van der Waals surface area contributed by atoms with Crippen LogP contribution in [0.25, 0.3) is 0 Å². The standard InChI is InChI=1S/C22H21Cl2N3O5/c1-4-32-21(30)27(17-11-9-16(24)10-12-17)20(29)26-13-22(2,19(28)31-3)18(25-26)14-5-7-15(23)8-6-14/h5-12H,4,13H2,1-3H3. The Kier molecular flexibility index (Phi) is 7.06. The van der Waals surface area contributed by atoms with Crippen molar-refractivity contribution in [3.63, 3.8) is 0 Å². The molecular weight excluding hydrogens is 457 g/mol. The van der Waals surface area contributed by atoms with E-state index in [9.17, 15) is 14.4 Å². The van der Waals surface area contributed by atoms with Gasteiger partial charge in [-0.3, -0.25) is 4.79 Å². The first-order valence-electron chi connectivity index (χ1n) is 9.68. The van der Waals surface area contributed by atoms with E-state index < -0.39 is 23.5 Å². The number of carbonyl (C=O) groups excluding carboxylic acids is 3. The molecule has 10 heteroatoms. The van der Waals surface area contributed by atoms with Gasteiger partial charge in [0.25, 0.3) is 0 Å². The number of imide groups is 1. The predicted octanol–water partition coefficient (Wildman–Crippen LogP) is 4.98. The van der Waals surface area contributed by atoms with E-state index in [4.69, 9.17) is 32.7 Å². The minimum atomic E-state index is -1.27. The molecule has 1 unspecified atom stereocenters. The second kappa shape index (κ2) is 9.58. The van der Waals surface area contributed by atoms with Gasteiger partial charge in [-0.05, 0) is 55.8 Å². The number of amides is 3.